The van der Waals surface area contributed by atoms with E-state index >= 15 is 0 Å². The van der Waals surface area contributed by atoms with Gasteiger partial charge in [-0.25, -0.2) is 4.39 Å². The molecule has 0 saturated carbocycles. The maximum atomic E-state index is 13.6. The predicted molar refractivity (Wildman–Crippen MR) is 72.7 cm³/mol. The van der Waals surface area contributed by atoms with Crippen molar-refractivity contribution in [1.29, 1.82) is 0 Å². The van der Waals surface area contributed by atoms with Crippen LogP contribution in [0.15, 0.2) is 54.6 Å². The number of benzene rings is 2. The number of alkyl halides is 1. The molecule has 0 radical (unpaired) electrons. The molecule has 0 aliphatic carbocycles. The first-order chi connectivity index (χ1) is 8.79. The summed E-state index contributed by atoms with van der Waals surface area (Å²) in [6.45, 7) is 0. The van der Waals surface area contributed by atoms with E-state index < -0.39 is 0 Å². The maximum absolute atomic E-state index is 13.6. The van der Waals surface area contributed by atoms with Gasteiger partial charge >= 0.3 is 0 Å². The number of para-hydroxylation sites is 1. The smallest absolute Gasteiger partial charge is 0.165 e. The molecule has 1 nitrogen and oxygen atoms in total. The van der Waals surface area contributed by atoms with Gasteiger partial charge in [0.05, 0.1) is 0 Å². The Morgan fingerprint density at radius 2 is 1.89 bits per heavy atom. The minimum atomic E-state index is -0.387. The minimum Gasteiger partial charge on any atom is -0.454 e. The summed E-state index contributed by atoms with van der Waals surface area (Å²) in [7, 11) is 0. The normalized spacial score (nSPS) is 10.8. The van der Waals surface area contributed by atoms with Crippen LogP contribution in [-0.2, 0) is 0 Å². The maximum Gasteiger partial charge on any atom is 0.165 e. The van der Waals surface area contributed by atoms with E-state index in [1.54, 1.807) is 30.3 Å². The largest absolute Gasteiger partial charge is 0.454 e. The fraction of sp³-hybridized carbons (Fsp3) is 0.0667. The summed E-state index contributed by atoms with van der Waals surface area (Å²) >= 11 is 5.56. The number of hydrogen-bond acceptors (Lipinski definition) is 1. The topological polar surface area (TPSA) is 9.23 Å². The molecule has 0 fully saturated rings. The average Bonchev–Trinajstić information content (AvgIpc) is 2.41. The van der Waals surface area contributed by atoms with Crippen molar-refractivity contribution in [1.82, 2.24) is 0 Å². The molecular weight excluding hydrogens is 251 g/mol. The van der Waals surface area contributed by atoms with Crippen LogP contribution in [0.2, 0.25) is 0 Å². The predicted octanol–water partition coefficient (Wildman–Crippen LogP) is 4.87. The van der Waals surface area contributed by atoms with Gasteiger partial charge in [0.1, 0.15) is 5.75 Å². The molecule has 2 aromatic carbocycles. The zero-order valence-electron chi connectivity index (χ0n) is 9.64. The van der Waals surface area contributed by atoms with Gasteiger partial charge in [0.2, 0.25) is 0 Å². The number of hydrogen-bond donors (Lipinski definition) is 0. The van der Waals surface area contributed by atoms with E-state index in [1.165, 1.54) is 6.07 Å². The van der Waals surface area contributed by atoms with Crippen molar-refractivity contribution in [2.45, 2.75) is 0 Å². The Morgan fingerprint density at radius 1 is 1.11 bits per heavy atom. The van der Waals surface area contributed by atoms with Crippen LogP contribution in [0.5, 0.6) is 11.5 Å². The van der Waals surface area contributed by atoms with E-state index in [4.69, 9.17) is 16.3 Å². The van der Waals surface area contributed by atoms with Gasteiger partial charge in [-0.1, -0.05) is 36.4 Å². The van der Waals surface area contributed by atoms with Crippen LogP contribution >= 0.6 is 11.6 Å². The van der Waals surface area contributed by atoms with Crippen LogP contribution in [0.1, 0.15) is 5.56 Å². The summed E-state index contributed by atoms with van der Waals surface area (Å²) < 4.78 is 19.1. The molecule has 0 spiro atoms. The Morgan fingerprint density at radius 3 is 2.61 bits per heavy atom. The minimum absolute atomic E-state index is 0.206. The summed E-state index contributed by atoms with van der Waals surface area (Å²) in [4.78, 5) is 0. The fourth-order valence-electron chi connectivity index (χ4n) is 1.50. The molecule has 0 unspecified atom stereocenters. The van der Waals surface area contributed by atoms with Crippen molar-refractivity contribution in [3.05, 3.63) is 66.0 Å². The second-order valence-electron chi connectivity index (χ2n) is 3.66. The summed E-state index contributed by atoms with van der Waals surface area (Å²) in [6.07, 6.45) is 3.62. The molecule has 0 aliphatic heterocycles. The lowest BCUT2D eigenvalue weighted by molar-refractivity contribution is 0.442. The lowest BCUT2D eigenvalue weighted by Gasteiger charge is -2.07. The van der Waals surface area contributed by atoms with E-state index in [9.17, 15) is 4.39 Å². The summed E-state index contributed by atoms with van der Waals surface area (Å²) in [5.41, 5.74) is 0.850. The van der Waals surface area contributed by atoms with Gasteiger partial charge in [0.15, 0.2) is 11.6 Å². The molecule has 0 aromatic heterocycles. The van der Waals surface area contributed by atoms with Crippen LogP contribution in [0.4, 0.5) is 4.39 Å². The Hall–Kier alpha value is -1.80. The summed E-state index contributed by atoms with van der Waals surface area (Å²) in [5, 5.41) is 0. The molecule has 2 rings (SSSR count). The van der Waals surface area contributed by atoms with E-state index in [0.29, 0.717) is 11.6 Å². The Balaban J connectivity index is 2.24. The highest BCUT2D eigenvalue weighted by Crippen LogP contribution is 2.25. The molecule has 0 saturated heterocycles. The summed E-state index contributed by atoms with van der Waals surface area (Å²) in [5.74, 6) is 0.848. The van der Waals surface area contributed by atoms with Crippen LogP contribution in [-0.4, -0.2) is 5.88 Å². The lowest BCUT2D eigenvalue weighted by Crippen LogP contribution is -1.88. The van der Waals surface area contributed by atoms with Gasteiger partial charge in [0, 0.05) is 5.88 Å². The molecule has 0 heterocycles. The van der Waals surface area contributed by atoms with Crippen LogP contribution in [0.25, 0.3) is 6.08 Å². The molecular formula is C15H12ClFO. The van der Waals surface area contributed by atoms with Gasteiger partial charge in [-0.15, -0.1) is 11.6 Å². The molecule has 0 amide bonds. The highest BCUT2D eigenvalue weighted by Gasteiger charge is 2.04. The highest BCUT2D eigenvalue weighted by atomic mass is 35.5. The molecule has 0 N–H and O–H groups in total. The Kier molecular flexibility index (Phi) is 4.37. The van der Waals surface area contributed by atoms with E-state index in [-0.39, 0.29) is 11.6 Å². The van der Waals surface area contributed by atoms with E-state index in [0.717, 1.165) is 5.56 Å². The first kappa shape index (κ1) is 12.7. The van der Waals surface area contributed by atoms with Crippen molar-refractivity contribution in [2.75, 3.05) is 5.88 Å². The Bertz CT molecular complexity index is 537. The van der Waals surface area contributed by atoms with Gasteiger partial charge in [-0.2, -0.15) is 0 Å². The number of rotatable bonds is 4. The van der Waals surface area contributed by atoms with Crippen LogP contribution < -0.4 is 4.74 Å². The third kappa shape index (κ3) is 3.34. The molecule has 3 heteroatoms. The first-order valence-corrected chi connectivity index (χ1v) is 6.08. The average molecular weight is 263 g/mol. The molecule has 0 aliphatic rings. The first-order valence-electron chi connectivity index (χ1n) is 5.54. The Labute approximate surface area is 110 Å². The van der Waals surface area contributed by atoms with E-state index in [2.05, 4.69) is 0 Å². The SMILES string of the molecule is Fc1ccc(/C=C/CCl)cc1Oc1ccccc1. The van der Waals surface area contributed by atoms with Crippen LogP contribution in [0, 0.1) is 5.82 Å². The van der Waals surface area contributed by atoms with Gasteiger partial charge in [0.25, 0.3) is 0 Å². The van der Waals surface area contributed by atoms with Gasteiger partial charge in [-0.3, -0.25) is 0 Å². The van der Waals surface area contributed by atoms with Gasteiger partial charge in [-0.05, 0) is 29.8 Å². The third-order valence-corrected chi connectivity index (χ3v) is 2.50. The molecule has 18 heavy (non-hydrogen) atoms. The van der Waals surface area contributed by atoms with Crippen molar-refractivity contribution in [3.8, 4) is 11.5 Å². The second kappa shape index (κ2) is 6.22. The quantitative estimate of drug-likeness (QED) is 0.714. The standard InChI is InChI=1S/C15H12ClFO/c16-10-4-5-12-8-9-14(17)15(11-12)18-13-6-2-1-3-7-13/h1-9,11H,10H2/b5-4+. The van der Waals surface area contributed by atoms with Crippen molar-refractivity contribution >= 4 is 17.7 Å². The lowest BCUT2D eigenvalue weighted by atomic mass is 10.2. The molecule has 2 aromatic rings. The third-order valence-electron chi connectivity index (χ3n) is 2.33. The summed E-state index contributed by atoms with van der Waals surface area (Å²) in [6, 6.07) is 13.8. The molecule has 0 bridgehead atoms. The van der Waals surface area contributed by atoms with Crippen molar-refractivity contribution in [2.24, 2.45) is 0 Å². The second-order valence-corrected chi connectivity index (χ2v) is 3.97. The van der Waals surface area contributed by atoms with Crippen molar-refractivity contribution < 1.29 is 9.13 Å². The monoisotopic (exact) mass is 262 g/mol. The van der Waals surface area contributed by atoms with Gasteiger partial charge < -0.3 is 4.74 Å². The number of allylic oxidation sites excluding steroid dienone is 1. The van der Waals surface area contributed by atoms with Crippen LogP contribution in [0.3, 0.4) is 0 Å². The zero-order valence-corrected chi connectivity index (χ0v) is 10.4. The fourth-order valence-corrected chi connectivity index (χ4v) is 1.59. The highest BCUT2D eigenvalue weighted by molar-refractivity contribution is 6.19. The molecule has 0 atom stereocenters. The van der Waals surface area contributed by atoms with Crippen molar-refractivity contribution in [3.63, 3.8) is 0 Å². The van der Waals surface area contributed by atoms with E-state index in [1.807, 2.05) is 24.3 Å². The number of ether oxygens (including phenoxy) is 1. The molecule has 92 valence electrons. The zero-order chi connectivity index (χ0) is 12.8. The number of halogens is 2.